The number of hydrogen-bond donors (Lipinski definition) is 1. The Balaban J connectivity index is 1.49. The molecule has 3 aliphatic rings. The van der Waals surface area contributed by atoms with Gasteiger partial charge in [-0.1, -0.05) is 0 Å². The van der Waals surface area contributed by atoms with Crippen LogP contribution in [-0.2, 0) is 16.2 Å². The molecule has 8 heteroatoms. The van der Waals surface area contributed by atoms with Gasteiger partial charge in [-0.05, 0) is 61.8 Å². The van der Waals surface area contributed by atoms with Gasteiger partial charge in [0.15, 0.2) is 0 Å². The number of halogens is 3. The van der Waals surface area contributed by atoms with Crippen molar-refractivity contribution in [2.24, 2.45) is 11.8 Å². The molecular formula is C17H21F3N2O2S. The van der Waals surface area contributed by atoms with Crippen LogP contribution in [0, 0.1) is 11.8 Å². The van der Waals surface area contributed by atoms with E-state index in [0.29, 0.717) is 37.0 Å². The average Bonchev–Trinajstić information content (AvgIpc) is 3.13. The molecule has 3 atom stereocenters. The van der Waals surface area contributed by atoms with Crippen LogP contribution in [-0.4, -0.2) is 37.9 Å². The number of rotatable bonds is 4. The first-order valence-electron chi connectivity index (χ1n) is 8.68. The van der Waals surface area contributed by atoms with E-state index < -0.39 is 21.8 Å². The average molecular weight is 374 g/mol. The molecule has 0 bridgehead atoms. The smallest absolute Gasteiger partial charge is 0.311 e. The lowest BCUT2D eigenvalue weighted by Crippen LogP contribution is -2.38. The Morgan fingerprint density at radius 1 is 1.00 bits per heavy atom. The quantitative estimate of drug-likeness (QED) is 0.882. The summed E-state index contributed by atoms with van der Waals surface area (Å²) in [5.74, 6) is 0.658. The lowest BCUT2D eigenvalue weighted by Gasteiger charge is -2.22. The predicted octanol–water partition coefficient (Wildman–Crippen LogP) is 2.86. The number of fused-ring (bicyclic) bond motifs is 1. The Hall–Kier alpha value is -1.12. The van der Waals surface area contributed by atoms with Crippen LogP contribution in [0.15, 0.2) is 29.2 Å². The molecule has 1 N–H and O–H groups in total. The molecule has 1 aromatic carbocycles. The maximum Gasteiger partial charge on any atom is 0.416 e. The summed E-state index contributed by atoms with van der Waals surface area (Å²) in [7, 11) is -3.74. The van der Waals surface area contributed by atoms with E-state index in [4.69, 9.17) is 0 Å². The zero-order chi connectivity index (χ0) is 17.8. The molecule has 1 aliphatic heterocycles. The van der Waals surface area contributed by atoms with Crippen molar-refractivity contribution < 1.29 is 21.6 Å². The molecule has 2 aliphatic carbocycles. The number of benzene rings is 1. The van der Waals surface area contributed by atoms with Gasteiger partial charge in [0.05, 0.1) is 10.5 Å². The second-order valence-electron chi connectivity index (χ2n) is 7.39. The summed E-state index contributed by atoms with van der Waals surface area (Å²) < 4.78 is 65.0. The van der Waals surface area contributed by atoms with Crippen LogP contribution in [0.4, 0.5) is 13.2 Å². The second-order valence-corrected chi connectivity index (χ2v) is 9.33. The molecule has 0 amide bonds. The molecule has 4 nitrogen and oxygen atoms in total. The standard InChI is InChI=1S/C17H21F3N2O2S/c18-17(19,20)12-2-6-14(7-3-12)25(23,24)22-9-11-1-8-16(15(11)10-22)21-13-4-5-13/h2-3,6-7,11,13,15-16,21H,1,4-5,8-10H2/t11-,15+,16+/m1/s1. The fourth-order valence-corrected chi connectivity index (χ4v) is 5.68. The molecule has 3 fully saturated rings. The van der Waals surface area contributed by atoms with E-state index in [1.807, 2.05) is 0 Å². The van der Waals surface area contributed by atoms with Crippen molar-refractivity contribution in [3.63, 3.8) is 0 Å². The van der Waals surface area contributed by atoms with Gasteiger partial charge in [0.1, 0.15) is 0 Å². The fraction of sp³-hybridized carbons (Fsp3) is 0.647. The van der Waals surface area contributed by atoms with E-state index in [9.17, 15) is 21.6 Å². The molecule has 0 spiro atoms. The van der Waals surface area contributed by atoms with Crippen LogP contribution in [0.1, 0.15) is 31.2 Å². The van der Waals surface area contributed by atoms with Crippen molar-refractivity contribution >= 4 is 10.0 Å². The van der Waals surface area contributed by atoms with Crippen LogP contribution in [0.2, 0.25) is 0 Å². The maximum absolute atomic E-state index is 12.8. The van der Waals surface area contributed by atoms with Crippen molar-refractivity contribution in [3.8, 4) is 0 Å². The Labute approximate surface area is 145 Å². The van der Waals surface area contributed by atoms with Crippen LogP contribution in [0.25, 0.3) is 0 Å². The number of hydrogen-bond acceptors (Lipinski definition) is 3. The highest BCUT2D eigenvalue weighted by molar-refractivity contribution is 7.89. The van der Waals surface area contributed by atoms with Gasteiger partial charge in [-0.2, -0.15) is 17.5 Å². The molecule has 0 aromatic heterocycles. The van der Waals surface area contributed by atoms with Crippen LogP contribution in [0.3, 0.4) is 0 Å². The molecule has 138 valence electrons. The summed E-state index contributed by atoms with van der Waals surface area (Å²) >= 11 is 0. The monoisotopic (exact) mass is 374 g/mol. The molecule has 1 saturated heterocycles. The van der Waals surface area contributed by atoms with E-state index in [1.165, 1.54) is 17.1 Å². The van der Waals surface area contributed by atoms with Crippen LogP contribution in [0.5, 0.6) is 0 Å². The largest absolute Gasteiger partial charge is 0.416 e. The first-order chi connectivity index (χ1) is 11.7. The van der Waals surface area contributed by atoms with Gasteiger partial charge >= 0.3 is 6.18 Å². The zero-order valence-corrected chi connectivity index (χ0v) is 14.5. The van der Waals surface area contributed by atoms with Crippen LogP contribution < -0.4 is 5.32 Å². The van der Waals surface area contributed by atoms with Gasteiger partial charge in [0.25, 0.3) is 0 Å². The third kappa shape index (κ3) is 3.31. The fourth-order valence-electron chi connectivity index (χ4n) is 4.15. The molecule has 0 radical (unpaired) electrons. The molecule has 0 unspecified atom stereocenters. The lowest BCUT2D eigenvalue weighted by molar-refractivity contribution is -0.137. The second kappa shape index (κ2) is 5.96. The predicted molar refractivity (Wildman–Crippen MR) is 86.4 cm³/mol. The van der Waals surface area contributed by atoms with E-state index >= 15 is 0 Å². The summed E-state index contributed by atoms with van der Waals surface area (Å²) in [6, 6.07) is 4.75. The Kier molecular flexibility index (Phi) is 4.12. The van der Waals surface area contributed by atoms with Crippen molar-refractivity contribution in [2.45, 2.75) is 48.8 Å². The summed E-state index contributed by atoms with van der Waals surface area (Å²) in [5.41, 5.74) is -0.835. The number of alkyl halides is 3. The first kappa shape index (κ1) is 17.3. The third-order valence-corrected chi connectivity index (χ3v) is 7.52. The van der Waals surface area contributed by atoms with Gasteiger partial charge in [-0.3, -0.25) is 0 Å². The van der Waals surface area contributed by atoms with Gasteiger partial charge in [-0.15, -0.1) is 0 Å². The highest BCUT2D eigenvalue weighted by atomic mass is 32.2. The van der Waals surface area contributed by atoms with Crippen molar-refractivity contribution in [1.29, 1.82) is 0 Å². The number of nitrogens with one attached hydrogen (secondary N) is 1. The minimum atomic E-state index is -4.46. The first-order valence-corrected chi connectivity index (χ1v) is 10.1. The van der Waals surface area contributed by atoms with Gasteiger partial charge in [0.2, 0.25) is 10.0 Å². The molecule has 1 aromatic rings. The number of nitrogens with zero attached hydrogens (tertiary/aromatic N) is 1. The van der Waals surface area contributed by atoms with Crippen molar-refractivity contribution in [2.75, 3.05) is 13.1 Å². The summed E-state index contributed by atoms with van der Waals surface area (Å²) in [4.78, 5) is -0.0628. The Morgan fingerprint density at radius 2 is 1.68 bits per heavy atom. The van der Waals surface area contributed by atoms with Crippen molar-refractivity contribution in [1.82, 2.24) is 9.62 Å². The Morgan fingerprint density at radius 3 is 2.28 bits per heavy atom. The maximum atomic E-state index is 12.8. The highest BCUT2D eigenvalue weighted by Gasteiger charge is 2.47. The molecule has 4 rings (SSSR count). The van der Waals surface area contributed by atoms with Crippen LogP contribution >= 0.6 is 0 Å². The van der Waals surface area contributed by atoms with E-state index in [2.05, 4.69) is 5.32 Å². The molecular weight excluding hydrogens is 353 g/mol. The Bertz CT molecular complexity index is 744. The summed E-state index contributed by atoms with van der Waals surface area (Å²) in [5, 5.41) is 3.61. The SMILES string of the molecule is O=S(=O)(c1ccc(C(F)(F)F)cc1)N1C[C@H]2CC[C@H](NC3CC3)[C@H]2C1. The molecule has 25 heavy (non-hydrogen) atoms. The van der Waals surface area contributed by atoms with Gasteiger partial charge in [0, 0.05) is 25.2 Å². The topological polar surface area (TPSA) is 49.4 Å². The number of sulfonamides is 1. The molecule has 1 heterocycles. The van der Waals surface area contributed by atoms with Gasteiger partial charge in [-0.25, -0.2) is 8.42 Å². The van der Waals surface area contributed by atoms with Gasteiger partial charge < -0.3 is 5.32 Å². The van der Waals surface area contributed by atoms with E-state index in [1.54, 1.807) is 0 Å². The third-order valence-electron chi connectivity index (χ3n) is 5.67. The van der Waals surface area contributed by atoms with Crippen molar-refractivity contribution in [3.05, 3.63) is 29.8 Å². The van der Waals surface area contributed by atoms with E-state index in [0.717, 1.165) is 37.1 Å². The highest BCUT2D eigenvalue weighted by Crippen LogP contribution is 2.41. The molecule has 2 saturated carbocycles. The summed E-state index contributed by atoms with van der Waals surface area (Å²) in [6.45, 7) is 0.926. The minimum absolute atomic E-state index is 0.0628. The minimum Gasteiger partial charge on any atom is -0.311 e. The zero-order valence-electron chi connectivity index (χ0n) is 13.7. The summed E-state index contributed by atoms with van der Waals surface area (Å²) in [6.07, 6.45) is 0.0195. The normalized spacial score (nSPS) is 30.6. The van der Waals surface area contributed by atoms with E-state index in [-0.39, 0.29) is 4.90 Å². The lowest BCUT2D eigenvalue weighted by atomic mass is 9.98.